The Labute approximate surface area is 128 Å². The van der Waals surface area contributed by atoms with Crippen LogP contribution in [0.2, 0.25) is 0 Å². The Kier molecular flexibility index (Phi) is 4.80. The fourth-order valence-corrected chi connectivity index (χ4v) is 2.80. The monoisotopic (exact) mass is 306 g/mol. The van der Waals surface area contributed by atoms with Crippen LogP contribution in [0.15, 0.2) is 23.7 Å². The molecule has 0 atom stereocenters. The fraction of sp³-hybridized carbons (Fsp3) is 0.333. The highest BCUT2D eigenvalue weighted by atomic mass is 32.1. The van der Waals surface area contributed by atoms with E-state index in [4.69, 9.17) is 9.47 Å². The zero-order valence-electron chi connectivity index (χ0n) is 12.5. The molecule has 0 unspecified atom stereocenters. The first-order valence-corrected chi connectivity index (χ1v) is 7.31. The van der Waals surface area contributed by atoms with Gasteiger partial charge in [0.25, 0.3) is 5.91 Å². The summed E-state index contributed by atoms with van der Waals surface area (Å²) >= 11 is 1.36. The van der Waals surface area contributed by atoms with Gasteiger partial charge in [0.15, 0.2) is 11.5 Å². The number of ether oxygens (including phenoxy) is 2. The van der Waals surface area contributed by atoms with Crippen LogP contribution >= 0.6 is 11.3 Å². The van der Waals surface area contributed by atoms with Crippen molar-refractivity contribution in [2.24, 2.45) is 0 Å². The molecule has 0 radical (unpaired) electrons. The second-order valence-electron chi connectivity index (χ2n) is 4.62. The van der Waals surface area contributed by atoms with Crippen molar-refractivity contribution in [3.8, 4) is 11.5 Å². The lowest BCUT2D eigenvalue weighted by Gasteiger charge is -2.17. The van der Waals surface area contributed by atoms with E-state index >= 15 is 0 Å². The number of benzene rings is 1. The Hall–Kier alpha value is -2.08. The largest absolute Gasteiger partial charge is 0.493 e. The van der Waals surface area contributed by atoms with E-state index in [2.05, 4.69) is 4.98 Å². The smallest absolute Gasteiger partial charge is 0.265 e. The lowest BCUT2D eigenvalue weighted by Crippen LogP contribution is -2.26. The molecule has 0 fully saturated rings. The number of hydrogen-bond donors (Lipinski definition) is 0. The van der Waals surface area contributed by atoms with Gasteiger partial charge < -0.3 is 14.4 Å². The van der Waals surface area contributed by atoms with E-state index in [-0.39, 0.29) is 5.91 Å². The molecular weight excluding hydrogens is 288 g/mol. The molecule has 0 aliphatic carbocycles. The number of hydrogen-bond acceptors (Lipinski definition) is 5. The number of carbonyl (C=O) groups excluding carboxylic acids is 1. The Bertz CT molecular complexity index is 640. The summed E-state index contributed by atoms with van der Waals surface area (Å²) < 4.78 is 10.5. The molecule has 0 saturated heterocycles. The molecule has 6 heteroatoms. The lowest BCUT2D eigenvalue weighted by atomic mass is 10.2. The van der Waals surface area contributed by atoms with Gasteiger partial charge in [-0.05, 0) is 24.6 Å². The van der Waals surface area contributed by atoms with Crippen LogP contribution in [0.4, 0.5) is 0 Å². The van der Waals surface area contributed by atoms with E-state index in [0.29, 0.717) is 22.9 Å². The highest BCUT2D eigenvalue weighted by Gasteiger charge is 2.17. The van der Waals surface area contributed by atoms with E-state index in [0.717, 1.165) is 11.3 Å². The molecule has 0 aliphatic rings. The van der Waals surface area contributed by atoms with Crippen LogP contribution in [-0.2, 0) is 6.54 Å². The number of rotatable bonds is 5. The highest BCUT2D eigenvalue weighted by molar-refractivity contribution is 7.11. The van der Waals surface area contributed by atoms with E-state index in [1.54, 1.807) is 31.7 Å². The Morgan fingerprint density at radius 3 is 2.57 bits per heavy atom. The van der Waals surface area contributed by atoms with Crippen LogP contribution in [0.3, 0.4) is 0 Å². The number of carbonyl (C=O) groups is 1. The molecule has 5 nitrogen and oxygen atoms in total. The second-order valence-corrected chi connectivity index (χ2v) is 5.47. The van der Waals surface area contributed by atoms with Gasteiger partial charge in [-0.1, -0.05) is 6.07 Å². The predicted octanol–water partition coefficient (Wildman–Crippen LogP) is 2.74. The maximum atomic E-state index is 12.3. The number of aromatic nitrogens is 1. The van der Waals surface area contributed by atoms with Crippen molar-refractivity contribution in [2.45, 2.75) is 13.5 Å². The number of amides is 1. The first-order chi connectivity index (χ1) is 10.1. The van der Waals surface area contributed by atoms with Crippen LogP contribution in [0, 0.1) is 6.92 Å². The van der Waals surface area contributed by atoms with E-state index in [9.17, 15) is 4.79 Å². The average molecular weight is 306 g/mol. The van der Waals surface area contributed by atoms with Gasteiger partial charge in [-0.2, -0.15) is 0 Å². The van der Waals surface area contributed by atoms with Gasteiger partial charge in [-0.25, -0.2) is 4.98 Å². The zero-order valence-corrected chi connectivity index (χ0v) is 13.4. The molecule has 21 heavy (non-hydrogen) atoms. The summed E-state index contributed by atoms with van der Waals surface area (Å²) in [6.45, 7) is 2.34. The quantitative estimate of drug-likeness (QED) is 0.852. The van der Waals surface area contributed by atoms with Crippen LogP contribution in [0.5, 0.6) is 11.5 Å². The van der Waals surface area contributed by atoms with Gasteiger partial charge in [0.1, 0.15) is 4.88 Å². The van der Waals surface area contributed by atoms with Crippen molar-refractivity contribution >= 4 is 17.2 Å². The summed E-state index contributed by atoms with van der Waals surface area (Å²) in [4.78, 5) is 18.8. The minimum absolute atomic E-state index is 0.0233. The van der Waals surface area contributed by atoms with Gasteiger partial charge in [0.05, 0.1) is 25.4 Å². The number of thiazole rings is 1. The van der Waals surface area contributed by atoms with Crippen LogP contribution in [0.25, 0.3) is 0 Å². The normalized spacial score (nSPS) is 10.3. The van der Waals surface area contributed by atoms with Gasteiger partial charge >= 0.3 is 0 Å². The Morgan fingerprint density at radius 2 is 2.00 bits per heavy atom. The summed E-state index contributed by atoms with van der Waals surface area (Å²) in [5.41, 5.74) is 3.43. The van der Waals surface area contributed by atoms with Gasteiger partial charge in [-0.15, -0.1) is 11.3 Å². The van der Waals surface area contributed by atoms with Crippen molar-refractivity contribution in [3.63, 3.8) is 0 Å². The summed E-state index contributed by atoms with van der Waals surface area (Å²) in [5, 5.41) is 0. The van der Waals surface area contributed by atoms with Crippen molar-refractivity contribution in [1.29, 1.82) is 0 Å². The Balaban J connectivity index is 2.14. The molecule has 2 rings (SSSR count). The highest BCUT2D eigenvalue weighted by Crippen LogP contribution is 2.28. The van der Waals surface area contributed by atoms with Gasteiger partial charge in [-0.3, -0.25) is 4.79 Å². The maximum Gasteiger partial charge on any atom is 0.265 e. The van der Waals surface area contributed by atoms with Crippen LogP contribution in [-0.4, -0.2) is 37.1 Å². The van der Waals surface area contributed by atoms with Crippen molar-refractivity contribution < 1.29 is 14.3 Å². The zero-order chi connectivity index (χ0) is 15.4. The Morgan fingerprint density at radius 1 is 1.29 bits per heavy atom. The summed E-state index contributed by atoms with van der Waals surface area (Å²) in [7, 11) is 4.97. The third-order valence-electron chi connectivity index (χ3n) is 3.15. The first kappa shape index (κ1) is 15.3. The number of aryl methyl sites for hydroxylation is 1. The fourth-order valence-electron chi connectivity index (χ4n) is 2.01. The van der Waals surface area contributed by atoms with Gasteiger partial charge in [0, 0.05) is 13.6 Å². The van der Waals surface area contributed by atoms with E-state index < -0.39 is 0 Å². The van der Waals surface area contributed by atoms with Crippen molar-refractivity contribution in [3.05, 3.63) is 39.8 Å². The number of nitrogens with zero attached hydrogens (tertiary/aromatic N) is 2. The van der Waals surface area contributed by atoms with Crippen LogP contribution in [0.1, 0.15) is 20.9 Å². The summed E-state index contributed by atoms with van der Waals surface area (Å²) in [6.07, 6.45) is 0. The second kappa shape index (κ2) is 6.58. The standard InChI is InChI=1S/C15H18N2O3S/c1-10-14(21-9-16-10)15(18)17(2)8-11-5-6-12(19-3)13(7-11)20-4/h5-7,9H,8H2,1-4H3. The molecule has 0 saturated carbocycles. The molecule has 1 amide bonds. The predicted molar refractivity (Wildman–Crippen MR) is 82.2 cm³/mol. The summed E-state index contributed by atoms with van der Waals surface area (Å²) in [5.74, 6) is 1.31. The molecule has 0 spiro atoms. The van der Waals surface area contributed by atoms with Crippen molar-refractivity contribution in [2.75, 3.05) is 21.3 Å². The average Bonchev–Trinajstić information content (AvgIpc) is 2.92. The molecule has 112 valence electrons. The lowest BCUT2D eigenvalue weighted by molar-refractivity contribution is 0.0789. The van der Waals surface area contributed by atoms with Crippen LogP contribution < -0.4 is 9.47 Å². The van der Waals surface area contributed by atoms with E-state index in [1.165, 1.54) is 11.3 Å². The molecule has 0 N–H and O–H groups in total. The summed E-state index contributed by atoms with van der Waals surface area (Å²) in [6, 6.07) is 5.64. The molecule has 1 aromatic heterocycles. The van der Waals surface area contributed by atoms with Gasteiger partial charge in [0.2, 0.25) is 0 Å². The first-order valence-electron chi connectivity index (χ1n) is 6.43. The third kappa shape index (κ3) is 3.33. The molecule has 1 heterocycles. The molecule has 2 aromatic rings. The SMILES string of the molecule is COc1ccc(CN(C)C(=O)c2scnc2C)cc1OC. The minimum atomic E-state index is -0.0233. The third-order valence-corrected chi connectivity index (χ3v) is 4.07. The topological polar surface area (TPSA) is 51.7 Å². The molecular formula is C15H18N2O3S. The maximum absolute atomic E-state index is 12.3. The molecule has 0 bridgehead atoms. The number of methoxy groups -OCH3 is 2. The van der Waals surface area contributed by atoms with Crippen molar-refractivity contribution in [1.82, 2.24) is 9.88 Å². The molecule has 0 aliphatic heterocycles. The molecule has 1 aromatic carbocycles. The minimum Gasteiger partial charge on any atom is -0.493 e. The van der Waals surface area contributed by atoms with E-state index in [1.807, 2.05) is 25.1 Å².